The topological polar surface area (TPSA) is 60.8 Å². The predicted octanol–water partition coefficient (Wildman–Crippen LogP) is 1.00. The molecule has 13 heavy (non-hydrogen) atoms. The summed E-state index contributed by atoms with van der Waals surface area (Å²) in [7, 11) is 0. The van der Waals surface area contributed by atoms with E-state index in [1.54, 1.807) is 0 Å². The van der Waals surface area contributed by atoms with Crippen LogP contribution in [0.1, 0.15) is 20.3 Å². The number of likely N-dealkylation sites (tertiary alicyclic amines) is 1. The number of hydrogen-bond donors (Lipinski definition) is 2. The maximum Gasteiger partial charge on any atom is 0.407 e. The highest BCUT2D eigenvalue weighted by molar-refractivity contribution is 5.65. The van der Waals surface area contributed by atoms with Gasteiger partial charge >= 0.3 is 6.09 Å². The average Bonchev–Trinajstić information content (AvgIpc) is 2.50. The predicted molar refractivity (Wildman–Crippen MR) is 48.5 cm³/mol. The number of amides is 1. The van der Waals surface area contributed by atoms with Gasteiger partial charge in [0.1, 0.15) is 0 Å². The quantitative estimate of drug-likeness (QED) is 0.678. The van der Waals surface area contributed by atoms with Gasteiger partial charge in [0.15, 0.2) is 0 Å². The Bertz CT molecular complexity index is 193. The van der Waals surface area contributed by atoms with E-state index in [-0.39, 0.29) is 17.9 Å². The second-order valence-electron chi connectivity index (χ2n) is 4.01. The van der Waals surface area contributed by atoms with Crippen LogP contribution < -0.4 is 0 Å². The Morgan fingerprint density at radius 2 is 2.15 bits per heavy atom. The Labute approximate surface area is 78.2 Å². The van der Waals surface area contributed by atoms with Crippen LogP contribution in [0.2, 0.25) is 0 Å². The zero-order valence-corrected chi connectivity index (χ0v) is 8.10. The van der Waals surface area contributed by atoms with Crippen molar-refractivity contribution in [1.29, 1.82) is 0 Å². The van der Waals surface area contributed by atoms with Crippen molar-refractivity contribution >= 4 is 6.09 Å². The fraction of sp³-hybridized carbons (Fsp3) is 0.889. The van der Waals surface area contributed by atoms with Crippen molar-refractivity contribution in [1.82, 2.24) is 4.90 Å². The minimum Gasteiger partial charge on any atom is -0.465 e. The normalized spacial score (nSPS) is 25.2. The van der Waals surface area contributed by atoms with Crippen molar-refractivity contribution in [3.8, 4) is 0 Å². The van der Waals surface area contributed by atoms with Gasteiger partial charge in [0.25, 0.3) is 0 Å². The van der Waals surface area contributed by atoms with E-state index in [0.717, 1.165) is 6.42 Å². The minimum atomic E-state index is -0.876. The summed E-state index contributed by atoms with van der Waals surface area (Å²) in [5.41, 5.74) is 0. The van der Waals surface area contributed by atoms with E-state index in [0.29, 0.717) is 13.1 Å². The molecule has 2 atom stereocenters. The summed E-state index contributed by atoms with van der Waals surface area (Å²) in [5, 5.41) is 18.4. The molecule has 0 aromatic rings. The Morgan fingerprint density at radius 1 is 1.54 bits per heavy atom. The first-order valence-corrected chi connectivity index (χ1v) is 4.68. The second kappa shape index (κ2) is 3.96. The summed E-state index contributed by atoms with van der Waals surface area (Å²) in [6.07, 6.45) is -0.464. The first kappa shape index (κ1) is 10.3. The van der Waals surface area contributed by atoms with Gasteiger partial charge in [-0.2, -0.15) is 0 Å². The molecule has 1 heterocycles. The van der Waals surface area contributed by atoms with E-state index in [1.807, 2.05) is 13.8 Å². The van der Waals surface area contributed by atoms with Crippen molar-refractivity contribution < 1.29 is 15.0 Å². The molecule has 1 rings (SSSR count). The maximum absolute atomic E-state index is 10.6. The molecule has 1 aliphatic heterocycles. The van der Waals surface area contributed by atoms with Crippen molar-refractivity contribution in [3.05, 3.63) is 0 Å². The lowest BCUT2D eigenvalue weighted by Crippen LogP contribution is -2.31. The Morgan fingerprint density at radius 3 is 2.54 bits per heavy atom. The number of carbonyl (C=O) groups is 1. The van der Waals surface area contributed by atoms with Crippen molar-refractivity contribution in [2.75, 3.05) is 13.1 Å². The molecular formula is C9H17NO3. The monoisotopic (exact) mass is 187 g/mol. The van der Waals surface area contributed by atoms with Gasteiger partial charge < -0.3 is 15.1 Å². The molecule has 1 aliphatic rings. The largest absolute Gasteiger partial charge is 0.465 e. The zero-order valence-electron chi connectivity index (χ0n) is 8.10. The van der Waals surface area contributed by atoms with Crippen LogP contribution in [-0.2, 0) is 0 Å². The summed E-state index contributed by atoms with van der Waals surface area (Å²) in [6.45, 7) is 4.95. The molecule has 0 aromatic carbocycles. The van der Waals surface area contributed by atoms with Crippen molar-refractivity contribution in [3.63, 3.8) is 0 Å². The van der Waals surface area contributed by atoms with Crippen LogP contribution in [0, 0.1) is 11.8 Å². The van der Waals surface area contributed by atoms with Crippen molar-refractivity contribution in [2.45, 2.75) is 26.4 Å². The molecule has 1 amide bonds. The summed E-state index contributed by atoms with van der Waals surface area (Å²) in [6, 6.07) is 0. The van der Waals surface area contributed by atoms with E-state index in [9.17, 15) is 9.90 Å². The van der Waals surface area contributed by atoms with Crippen LogP contribution in [0.3, 0.4) is 0 Å². The SMILES string of the molecule is CC(C)[C@@H](O)[C@H]1CCN(C(=O)O)C1. The summed E-state index contributed by atoms with van der Waals surface area (Å²) in [4.78, 5) is 12.0. The number of hydrogen-bond acceptors (Lipinski definition) is 2. The molecule has 0 aromatic heterocycles. The maximum atomic E-state index is 10.6. The highest BCUT2D eigenvalue weighted by Crippen LogP contribution is 2.23. The summed E-state index contributed by atoms with van der Waals surface area (Å²) in [5.74, 6) is 0.329. The van der Waals surface area contributed by atoms with E-state index in [1.165, 1.54) is 4.90 Å². The molecule has 0 aliphatic carbocycles. The first-order valence-electron chi connectivity index (χ1n) is 4.68. The molecule has 1 fully saturated rings. The summed E-state index contributed by atoms with van der Waals surface area (Å²) >= 11 is 0. The lowest BCUT2D eigenvalue weighted by Gasteiger charge is -2.21. The van der Waals surface area contributed by atoms with Gasteiger partial charge in [-0.25, -0.2) is 4.79 Å². The van der Waals surface area contributed by atoms with Gasteiger partial charge in [-0.05, 0) is 12.3 Å². The van der Waals surface area contributed by atoms with Crippen molar-refractivity contribution in [2.24, 2.45) is 11.8 Å². The van der Waals surface area contributed by atoms with Crippen LogP contribution in [-0.4, -0.2) is 40.4 Å². The van der Waals surface area contributed by atoms with E-state index in [2.05, 4.69) is 0 Å². The lowest BCUT2D eigenvalue weighted by atomic mass is 9.93. The van der Waals surface area contributed by atoms with Gasteiger partial charge in [-0.15, -0.1) is 0 Å². The Balaban J connectivity index is 2.45. The molecule has 2 N–H and O–H groups in total. The zero-order chi connectivity index (χ0) is 10.0. The van der Waals surface area contributed by atoms with Gasteiger partial charge in [-0.3, -0.25) is 0 Å². The minimum absolute atomic E-state index is 0.121. The van der Waals surface area contributed by atoms with Gasteiger partial charge in [0.2, 0.25) is 0 Å². The van der Waals surface area contributed by atoms with E-state index < -0.39 is 6.09 Å². The number of aliphatic hydroxyl groups excluding tert-OH is 1. The van der Waals surface area contributed by atoms with Crippen LogP contribution in [0.25, 0.3) is 0 Å². The lowest BCUT2D eigenvalue weighted by molar-refractivity contribution is 0.0673. The van der Waals surface area contributed by atoms with E-state index >= 15 is 0 Å². The molecule has 1 saturated heterocycles. The second-order valence-corrected chi connectivity index (χ2v) is 4.01. The standard InChI is InChI=1S/C9H17NO3/c1-6(2)8(11)7-3-4-10(5-7)9(12)13/h6-8,11H,3-5H2,1-2H3,(H,12,13)/t7-,8+/m0/s1. The molecule has 0 bridgehead atoms. The third kappa shape index (κ3) is 2.34. The number of rotatable bonds is 2. The van der Waals surface area contributed by atoms with Gasteiger partial charge in [-0.1, -0.05) is 13.8 Å². The fourth-order valence-corrected chi connectivity index (χ4v) is 1.78. The number of nitrogens with zero attached hydrogens (tertiary/aromatic N) is 1. The molecule has 0 unspecified atom stereocenters. The molecule has 0 saturated carbocycles. The summed E-state index contributed by atoms with van der Waals surface area (Å²) < 4.78 is 0. The molecule has 0 radical (unpaired) electrons. The molecule has 4 heteroatoms. The third-order valence-electron chi connectivity index (χ3n) is 2.66. The molecular weight excluding hydrogens is 170 g/mol. The number of carboxylic acid groups (broad SMARTS) is 1. The molecule has 76 valence electrons. The third-order valence-corrected chi connectivity index (χ3v) is 2.66. The molecule has 4 nitrogen and oxygen atoms in total. The average molecular weight is 187 g/mol. The van der Waals surface area contributed by atoms with Gasteiger partial charge in [0.05, 0.1) is 6.10 Å². The Kier molecular flexibility index (Phi) is 3.14. The first-order chi connectivity index (χ1) is 6.02. The van der Waals surface area contributed by atoms with Crippen LogP contribution in [0.5, 0.6) is 0 Å². The van der Waals surface area contributed by atoms with Crippen LogP contribution >= 0.6 is 0 Å². The van der Waals surface area contributed by atoms with Crippen LogP contribution in [0.4, 0.5) is 4.79 Å². The highest BCUT2D eigenvalue weighted by atomic mass is 16.4. The van der Waals surface area contributed by atoms with Gasteiger partial charge in [0, 0.05) is 19.0 Å². The molecule has 0 spiro atoms. The van der Waals surface area contributed by atoms with Crippen LogP contribution in [0.15, 0.2) is 0 Å². The fourth-order valence-electron chi connectivity index (χ4n) is 1.78. The van der Waals surface area contributed by atoms with E-state index in [4.69, 9.17) is 5.11 Å². The number of aliphatic hydroxyl groups is 1. The smallest absolute Gasteiger partial charge is 0.407 e. The highest BCUT2D eigenvalue weighted by Gasteiger charge is 2.31. The Hall–Kier alpha value is -0.770.